The van der Waals surface area contributed by atoms with Crippen molar-refractivity contribution in [3.63, 3.8) is 0 Å². The molecule has 0 atom stereocenters. The van der Waals surface area contributed by atoms with Gasteiger partial charge in [-0.15, -0.1) is 0 Å². The highest BCUT2D eigenvalue weighted by molar-refractivity contribution is 5.72. The van der Waals surface area contributed by atoms with Crippen molar-refractivity contribution in [2.75, 3.05) is 0 Å². The van der Waals surface area contributed by atoms with Crippen LogP contribution < -0.4 is 5.56 Å². The van der Waals surface area contributed by atoms with Gasteiger partial charge in [-0.2, -0.15) is 0 Å². The molecule has 0 amide bonds. The lowest BCUT2D eigenvalue weighted by Gasteiger charge is -1.93. The lowest BCUT2D eigenvalue weighted by Crippen LogP contribution is -2.12. The zero-order chi connectivity index (χ0) is 11.0. The highest BCUT2D eigenvalue weighted by Gasteiger charge is 2.26. The molecule has 0 aromatic rings. The van der Waals surface area contributed by atoms with Crippen molar-refractivity contribution in [2.45, 2.75) is 0 Å². The van der Waals surface area contributed by atoms with Crippen LogP contribution in [0, 0.1) is 10.1 Å². The van der Waals surface area contributed by atoms with Crippen LogP contribution in [0.15, 0.2) is 35.1 Å². The number of nitrogens with zero attached hydrogens (tertiary/aromatic N) is 2. The SMILES string of the molecule is Cn1c2cccccc-2c([N+](=O)[O-])c1=O. The molecule has 0 unspecified atom stereocenters. The van der Waals surface area contributed by atoms with Crippen LogP contribution in [0.5, 0.6) is 0 Å². The summed E-state index contributed by atoms with van der Waals surface area (Å²) in [5, 5.41) is 10.7. The summed E-state index contributed by atoms with van der Waals surface area (Å²) in [6.45, 7) is 0. The van der Waals surface area contributed by atoms with E-state index in [0.717, 1.165) is 0 Å². The van der Waals surface area contributed by atoms with Crippen molar-refractivity contribution in [1.29, 1.82) is 0 Å². The molecule has 0 N–H and O–H groups in total. The van der Waals surface area contributed by atoms with Crippen LogP contribution in [0.2, 0.25) is 0 Å². The molecule has 1 aliphatic carbocycles. The summed E-state index contributed by atoms with van der Waals surface area (Å²) in [6.07, 6.45) is 0. The fourth-order valence-corrected chi connectivity index (χ4v) is 1.59. The average Bonchev–Trinajstić information content (AvgIpc) is 2.40. The Hall–Kier alpha value is -2.17. The maximum absolute atomic E-state index is 11.6. The second-order valence-electron chi connectivity index (χ2n) is 3.18. The first kappa shape index (κ1) is 9.39. The second kappa shape index (κ2) is 3.20. The van der Waals surface area contributed by atoms with E-state index in [1.807, 2.05) is 0 Å². The molecule has 1 heterocycles. The smallest absolute Gasteiger partial charge is 0.305 e. The third-order valence-electron chi connectivity index (χ3n) is 2.32. The molecule has 0 bridgehead atoms. The standard InChI is InChI=1S/C10H8N2O3/c1-11-8-6-4-2-3-5-7(8)9(10(11)13)12(14)15/h2-6H,1H3. The Morgan fingerprint density at radius 3 is 2.60 bits per heavy atom. The lowest BCUT2D eigenvalue weighted by molar-refractivity contribution is -0.385. The molecular weight excluding hydrogens is 196 g/mol. The fourth-order valence-electron chi connectivity index (χ4n) is 1.59. The van der Waals surface area contributed by atoms with Gasteiger partial charge in [0.1, 0.15) is 0 Å². The number of rotatable bonds is 1. The van der Waals surface area contributed by atoms with E-state index in [0.29, 0.717) is 11.3 Å². The van der Waals surface area contributed by atoms with Crippen LogP contribution in [0.3, 0.4) is 0 Å². The quantitative estimate of drug-likeness (QED) is 0.521. The van der Waals surface area contributed by atoms with E-state index in [2.05, 4.69) is 0 Å². The Balaban J connectivity index is 2.93. The van der Waals surface area contributed by atoms with E-state index in [1.54, 1.807) is 30.3 Å². The largest absolute Gasteiger partial charge is 0.343 e. The Morgan fingerprint density at radius 2 is 1.93 bits per heavy atom. The summed E-state index contributed by atoms with van der Waals surface area (Å²) in [7, 11) is 1.53. The molecule has 0 aromatic heterocycles. The lowest BCUT2D eigenvalue weighted by atomic mass is 10.2. The molecule has 15 heavy (non-hydrogen) atoms. The fraction of sp³-hybridized carbons (Fsp3) is 0.100. The third kappa shape index (κ3) is 1.28. The van der Waals surface area contributed by atoms with Crippen molar-refractivity contribution >= 4 is 5.69 Å². The van der Waals surface area contributed by atoms with Crippen LogP contribution >= 0.6 is 0 Å². The molecule has 2 rings (SSSR count). The maximum atomic E-state index is 11.6. The first-order valence-corrected chi connectivity index (χ1v) is 4.35. The molecule has 5 nitrogen and oxygen atoms in total. The summed E-state index contributed by atoms with van der Waals surface area (Å²) in [5.41, 5.74) is 0.0131. The summed E-state index contributed by atoms with van der Waals surface area (Å²) < 4.78 is 1.29. The zero-order valence-electron chi connectivity index (χ0n) is 8.01. The van der Waals surface area contributed by atoms with Crippen molar-refractivity contribution in [3.05, 3.63) is 50.8 Å². The van der Waals surface area contributed by atoms with E-state index < -0.39 is 10.5 Å². The summed E-state index contributed by atoms with van der Waals surface area (Å²) in [6, 6.07) is 8.44. The van der Waals surface area contributed by atoms with Crippen molar-refractivity contribution < 1.29 is 4.92 Å². The van der Waals surface area contributed by atoms with Gasteiger partial charge in [0.25, 0.3) is 0 Å². The molecular formula is C10H8N2O3. The van der Waals surface area contributed by atoms with Crippen molar-refractivity contribution in [1.82, 2.24) is 4.57 Å². The first-order valence-electron chi connectivity index (χ1n) is 4.35. The monoisotopic (exact) mass is 204 g/mol. The van der Waals surface area contributed by atoms with E-state index in [-0.39, 0.29) is 5.69 Å². The third-order valence-corrected chi connectivity index (χ3v) is 2.32. The summed E-state index contributed by atoms with van der Waals surface area (Å²) in [5.74, 6) is 0. The van der Waals surface area contributed by atoms with Gasteiger partial charge in [0.05, 0.1) is 16.2 Å². The minimum Gasteiger partial charge on any atom is -0.305 e. The molecule has 0 saturated carbocycles. The minimum absolute atomic E-state index is 0.358. The van der Waals surface area contributed by atoms with Crippen LogP contribution in [0.25, 0.3) is 11.3 Å². The molecule has 0 aromatic carbocycles. The molecule has 2 aliphatic rings. The zero-order valence-corrected chi connectivity index (χ0v) is 8.01. The van der Waals surface area contributed by atoms with E-state index in [4.69, 9.17) is 0 Å². The van der Waals surface area contributed by atoms with Crippen molar-refractivity contribution in [3.8, 4) is 11.3 Å². The van der Waals surface area contributed by atoms with Gasteiger partial charge in [0, 0.05) is 7.05 Å². The van der Waals surface area contributed by atoms with Gasteiger partial charge in [-0.05, 0) is 12.1 Å². The average molecular weight is 204 g/mol. The number of fused-ring (bicyclic) bond motifs is 1. The summed E-state index contributed by atoms with van der Waals surface area (Å²) in [4.78, 5) is 21.7. The number of hydrogen-bond donors (Lipinski definition) is 0. The highest BCUT2D eigenvalue weighted by Crippen LogP contribution is 2.27. The van der Waals surface area contributed by atoms with Gasteiger partial charge in [-0.25, -0.2) is 0 Å². The Bertz CT molecular complexity index is 559. The van der Waals surface area contributed by atoms with Crippen LogP contribution in [-0.2, 0) is 7.05 Å². The normalized spacial score (nSPS) is 10.5. The van der Waals surface area contributed by atoms with Gasteiger partial charge in [0.15, 0.2) is 0 Å². The van der Waals surface area contributed by atoms with E-state index in [9.17, 15) is 14.9 Å². The molecule has 0 fully saturated rings. The number of nitro groups is 1. The van der Waals surface area contributed by atoms with Crippen molar-refractivity contribution in [2.24, 2.45) is 7.05 Å². The van der Waals surface area contributed by atoms with Gasteiger partial charge in [0.2, 0.25) is 0 Å². The highest BCUT2D eigenvalue weighted by atomic mass is 16.6. The van der Waals surface area contributed by atoms with Gasteiger partial charge in [-0.1, -0.05) is 18.2 Å². The number of aromatic nitrogens is 1. The first-order chi connectivity index (χ1) is 7.13. The molecule has 0 spiro atoms. The predicted molar refractivity (Wildman–Crippen MR) is 55.0 cm³/mol. The molecule has 0 radical (unpaired) electrons. The topological polar surface area (TPSA) is 65.1 Å². The molecule has 76 valence electrons. The van der Waals surface area contributed by atoms with E-state index in [1.165, 1.54) is 11.6 Å². The van der Waals surface area contributed by atoms with Gasteiger partial charge < -0.3 is 4.57 Å². The Kier molecular flexibility index (Phi) is 2.00. The van der Waals surface area contributed by atoms with E-state index >= 15 is 0 Å². The Labute approximate surface area is 85.1 Å². The maximum Gasteiger partial charge on any atom is 0.343 e. The summed E-state index contributed by atoms with van der Waals surface area (Å²) >= 11 is 0. The van der Waals surface area contributed by atoms with Gasteiger partial charge in [-0.3, -0.25) is 14.9 Å². The molecule has 0 saturated heterocycles. The molecule has 1 aliphatic heterocycles. The number of hydrogen-bond acceptors (Lipinski definition) is 3. The van der Waals surface area contributed by atoms with Crippen LogP contribution in [0.1, 0.15) is 0 Å². The predicted octanol–water partition coefficient (Wildman–Crippen LogP) is 1.40. The minimum atomic E-state index is -0.634. The Morgan fingerprint density at radius 1 is 1.27 bits per heavy atom. The van der Waals surface area contributed by atoms with Gasteiger partial charge >= 0.3 is 11.2 Å². The van der Waals surface area contributed by atoms with Crippen LogP contribution in [0.4, 0.5) is 5.69 Å². The van der Waals surface area contributed by atoms with Crippen LogP contribution in [-0.4, -0.2) is 9.49 Å². The second-order valence-corrected chi connectivity index (χ2v) is 3.18. The molecule has 5 heteroatoms.